The molecule has 19 heavy (non-hydrogen) atoms. The number of carbonyl (C=O) groups excluding carboxylic acids is 1. The minimum absolute atomic E-state index is 0. The predicted octanol–water partition coefficient (Wildman–Crippen LogP) is 1.65. The van der Waals surface area contributed by atoms with Gasteiger partial charge in [0.1, 0.15) is 0 Å². The van der Waals surface area contributed by atoms with Gasteiger partial charge in [-0.15, -0.1) is 12.4 Å². The molecule has 0 bridgehead atoms. The van der Waals surface area contributed by atoms with E-state index < -0.39 is 0 Å². The topological polar surface area (TPSA) is 45.2 Å². The van der Waals surface area contributed by atoms with E-state index in [1.54, 1.807) is 12.4 Å². The molecule has 1 aromatic rings. The van der Waals surface area contributed by atoms with Gasteiger partial charge in [-0.2, -0.15) is 0 Å². The van der Waals surface area contributed by atoms with Crippen LogP contribution in [0.25, 0.3) is 0 Å². The SMILES string of the molecule is CN(C(=O)Cc1cccnc1)C1CCCNCC1.Cl. The average Bonchev–Trinajstić information content (AvgIpc) is 2.68. The Morgan fingerprint density at radius 3 is 3.05 bits per heavy atom. The van der Waals surface area contributed by atoms with E-state index in [2.05, 4.69) is 10.3 Å². The second kappa shape index (κ2) is 8.12. The Labute approximate surface area is 121 Å². The van der Waals surface area contributed by atoms with Crippen LogP contribution in [0.2, 0.25) is 0 Å². The first-order valence-electron chi connectivity index (χ1n) is 6.62. The Bertz CT molecular complexity index is 378. The molecule has 1 amide bonds. The number of nitrogens with zero attached hydrogens (tertiary/aromatic N) is 2. The first-order valence-corrected chi connectivity index (χ1v) is 6.62. The van der Waals surface area contributed by atoms with Crippen molar-refractivity contribution in [3.05, 3.63) is 30.1 Å². The van der Waals surface area contributed by atoms with Gasteiger partial charge in [-0.1, -0.05) is 6.07 Å². The lowest BCUT2D eigenvalue weighted by atomic mass is 10.1. The first kappa shape index (κ1) is 15.9. The van der Waals surface area contributed by atoms with Crippen LogP contribution in [0.5, 0.6) is 0 Å². The minimum Gasteiger partial charge on any atom is -0.342 e. The summed E-state index contributed by atoms with van der Waals surface area (Å²) in [5.74, 6) is 0.190. The number of amides is 1. The van der Waals surface area contributed by atoms with Crippen LogP contribution in [0.1, 0.15) is 24.8 Å². The molecule has 2 heterocycles. The quantitative estimate of drug-likeness (QED) is 0.917. The molecular weight excluding hydrogens is 262 g/mol. The highest BCUT2D eigenvalue weighted by atomic mass is 35.5. The zero-order valence-corrected chi connectivity index (χ0v) is 12.2. The molecule has 1 aliphatic rings. The Morgan fingerprint density at radius 1 is 1.47 bits per heavy atom. The molecule has 4 nitrogen and oxygen atoms in total. The molecule has 1 N–H and O–H groups in total. The molecule has 0 aliphatic carbocycles. The molecular formula is C14H22ClN3O. The maximum Gasteiger partial charge on any atom is 0.227 e. The van der Waals surface area contributed by atoms with Gasteiger partial charge in [-0.05, 0) is 44.0 Å². The van der Waals surface area contributed by atoms with E-state index in [-0.39, 0.29) is 18.3 Å². The molecule has 1 fully saturated rings. The molecule has 1 atom stereocenters. The number of carbonyl (C=O) groups is 1. The van der Waals surface area contributed by atoms with Crippen molar-refractivity contribution >= 4 is 18.3 Å². The van der Waals surface area contributed by atoms with Crippen LogP contribution in [0.15, 0.2) is 24.5 Å². The summed E-state index contributed by atoms with van der Waals surface area (Å²) in [4.78, 5) is 18.2. The summed E-state index contributed by atoms with van der Waals surface area (Å²) in [6.07, 6.45) is 7.25. The van der Waals surface area contributed by atoms with Crippen LogP contribution in [0.3, 0.4) is 0 Å². The summed E-state index contributed by atoms with van der Waals surface area (Å²) in [5.41, 5.74) is 0.987. The summed E-state index contributed by atoms with van der Waals surface area (Å²) in [5, 5.41) is 3.37. The van der Waals surface area contributed by atoms with Crippen LogP contribution in [-0.4, -0.2) is 42.0 Å². The van der Waals surface area contributed by atoms with Crippen LogP contribution in [-0.2, 0) is 11.2 Å². The summed E-state index contributed by atoms with van der Waals surface area (Å²) < 4.78 is 0. The van der Waals surface area contributed by atoms with Crippen LogP contribution in [0, 0.1) is 0 Å². The summed E-state index contributed by atoms with van der Waals surface area (Å²) in [7, 11) is 1.93. The van der Waals surface area contributed by atoms with Crippen LogP contribution >= 0.6 is 12.4 Å². The molecule has 0 radical (unpaired) electrons. The molecule has 0 saturated carbocycles. The number of aromatic nitrogens is 1. The Kier molecular flexibility index (Phi) is 6.81. The lowest BCUT2D eigenvalue weighted by Crippen LogP contribution is -2.38. The van der Waals surface area contributed by atoms with Crippen molar-refractivity contribution in [3.8, 4) is 0 Å². The van der Waals surface area contributed by atoms with Crippen molar-refractivity contribution in [1.82, 2.24) is 15.2 Å². The van der Waals surface area contributed by atoms with Crippen LogP contribution in [0.4, 0.5) is 0 Å². The van der Waals surface area contributed by atoms with Crippen molar-refractivity contribution in [2.24, 2.45) is 0 Å². The predicted molar refractivity (Wildman–Crippen MR) is 78.5 cm³/mol. The van der Waals surface area contributed by atoms with Gasteiger partial charge in [0.2, 0.25) is 5.91 Å². The highest BCUT2D eigenvalue weighted by molar-refractivity contribution is 5.85. The third-order valence-electron chi connectivity index (χ3n) is 3.56. The zero-order chi connectivity index (χ0) is 12.8. The average molecular weight is 284 g/mol. The number of hydrogen-bond donors (Lipinski definition) is 1. The Morgan fingerprint density at radius 2 is 2.32 bits per heavy atom. The van der Waals surface area contributed by atoms with E-state index in [1.807, 2.05) is 24.1 Å². The molecule has 1 aliphatic heterocycles. The van der Waals surface area contributed by atoms with Crippen LogP contribution < -0.4 is 5.32 Å². The number of halogens is 1. The largest absolute Gasteiger partial charge is 0.342 e. The maximum absolute atomic E-state index is 12.2. The van der Waals surface area contributed by atoms with Gasteiger partial charge < -0.3 is 10.2 Å². The molecule has 1 unspecified atom stereocenters. The Hall–Kier alpha value is -1.13. The number of pyridine rings is 1. The van der Waals surface area contributed by atoms with E-state index in [0.29, 0.717) is 12.5 Å². The van der Waals surface area contributed by atoms with Gasteiger partial charge in [0, 0.05) is 25.5 Å². The summed E-state index contributed by atoms with van der Waals surface area (Å²) >= 11 is 0. The number of hydrogen-bond acceptors (Lipinski definition) is 3. The minimum atomic E-state index is 0. The van der Waals surface area contributed by atoms with Gasteiger partial charge in [-0.25, -0.2) is 0 Å². The maximum atomic E-state index is 12.2. The second-order valence-electron chi connectivity index (χ2n) is 4.88. The fourth-order valence-electron chi connectivity index (χ4n) is 2.39. The standard InChI is InChI=1S/C14H21N3O.ClH/c1-17(13-5-3-7-15-9-6-13)14(18)10-12-4-2-8-16-11-12;/h2,4,8,11,13,15H,3,5-7,9-10H2,1H3;1H. The number of likely N-dealkylation sites (N-methyl/N-ethyl adjacent to an activating group) is 1. The van der Waals surface area contributed by atoms with E-state index in [4.69, 9.17) is 0 Å². The van der Waals surface area contributed by atoms with Gasteiger partial charge in [0.15, 0.2) is 0 Å². The van der Waals surface area contributed by atoms with Crippen molar-refractivity contribution in [3.63, 3.8) is 0 Å². The second-order valence-corrected chi connectivity index (χ2v) is 4.88. The zero-order valence-electron chi connectivity index (χ0n) is 11.3. The first-order chi connectivity index (χ1) is 8.77. The highest BCUT2D eigenvalue weighted by Crippen LogP contribution is 2.13. The van der Waals surface area contributed by atoms with E-state index >= 15 is 0 Å². The lowest BCUT2D eigenvalue weighted by Gasteiger charge is -2.27. The van der Waals surface area contributed by atoms with E-state index in [9.17, 15) is 4.79 Å². The number of rotatable bonds is 3. The molecule has 106 valence electrons. The van der Waals surface area contributed by atoms with Gasteiger partial charge in [0.25, 0.3) is 0 Å². The molecule has 2 rings (SSSR count). The monoisotopic (exact) mass is 283 g/mol. The fourth-order valence-corrected chi connectivity index (χ4v) is 2.39. The van der Waals surface area contributed by atoms with E-state index in [1.165, 1.54) is 0 Å². The molecule has 0 aromatic carbocycles. The molecule has 1 saturated heterocycles. The third-order valence-corrected chi connectivity index (χ3v) is 3.56. The summed E-state index contributed by atoms with van der Waals surface area (Å²) in [6, 6.07) is 4.20. The number of nitrogens with one attached hydrogen (secondary N) is 1. The molecule has 0 spiro atoms. The van der Waals surface area contributed by atoms with Gasteiger partial charge >= 0.3 is 0 Å². The van der Waals surface area contributed by atoms with Crippen molar-refractivity contribution < 1.29 is 4.79 Å². The molecule has 1 aromatic heterocycles. The van der Waals surface area contributed by atoms with Crippen molar-refractivity contribution in [1.29, 1.82) is 0 Å². The smallest absolute Gasteiger partial charge is 0.227 e. The third kappa shape index (κ3) is 4.80. The van der Waals surface area contributed by atoms with Gasteiger partial charge in [0.05, 0.1) is 6.42 Å². The van der Waals surface area contributed by atoms with Crippen molar-refractivity contribution in [2.75, 3.05) is 20.1 Å². The van der Waals surface area contributed by atoms with Crippen molar-refractivity contribution in [2.45, 2.75) is 31.7 Å². The van der Waals surface area contributed by atoms with E-state index in [0.717, 1.165) is 37.9 Å². The fraction of sp³-hybridized carbons (Fsp3) is 0.571. The normalized spacial score (nSPS) is 19.1. The van der Waals surface area contributed by atoms with Gasteiger partial charge in [-0.3, -0.25) is 9.78 Å². The summed E-state index contributed by atoms with van der Waals surface area (Å²) in [6.45, 7) is 2.08. The highest BCUT2D eigenvalue weighted by Gasteiger charge is 2.20. The Balaban J connectivity index is 0.00000180. The lowest BCUT2D eigenvalue weighted by molar-refractivity contribution is -0.131. The molecule has 5 heteroatoms.